The lowest BCUT2D eigenvalue weighted by Crippen LogP contribution is -2.37. The molecular weight excluding hydrogens is 500 g/mol. The Labute approximate surface area is 222 Å². The largest absolute Gasteiger partial charge is 0.507 e. The van der Waals surface area contributed by atoms with E-state index in [2.05, 4.69) is 5.16 Å². The number of nitrogens with zero attached hydrogens (tertiary/aromatic N) is 2. The van der Waals surface area contributed by atoms with Gasteiger partial charge in [-0.15, -0.1) is 0 Å². The number of carbonyl (C=O) groups excluding carboxylic acids is 2. The van der Waals surface area contributed by atoms with Crippen LogP contribution < -0.4 is 0 Å². The monoisotopic (exact) mass is 534 g/mol. The lowest BCUT2D eigenvalue weighted by molar-refractivity contribution is -0.137. The van der Waals surface area contributed by atoms with E-state index < -0.39 is 17.8 Å². The van der Waals surface area contributed by atoms with Crippen molar-refractivity contribution < 1.29 is 34.1 Å². The second-order valence-electron chi connectivity index (χ2n) is 9.07. The number of allylic oxidation sites excluding steroid dienone is 1. The van der Waals surface area contributed by atoms with Gasteiger partial charge in [0.2, 0.25) is 0 Å². The van der Waals surface area contributed by atoms with Crippen LogP contribution in [0.4, 0.5) is 0 Å². The van der Waals surface area contributed by atoms with E-state index in [0.29, 0.717) is 38.2 Å². The van der Waals surface area contributed by atoms with Crippen molar-refractivity contribution >= 4 is 29.2 Å². The van der Waals surface area contributed by atoms with Gasteiger partial charge in [0.25, 0.3) is 5.91 Å². The molecule has 0 bridgehead atoms. The first kappa shape index (κ1) is 28.5. The summed E-state index contributed by atoms with van der Waals surface area (Å²) < 4.78 is 11.3. The number of hydrogen-bond acceptors (Lipinski definition) is 8. The number of benzene rings is 1. The topological polar surface area (TPSA) is 118 Å². The van der Waals surface area contributed by atoms with E-state index in [1.807, 2.05) is 25.2 Å². The summed E-state index contributed by atoms with van der Waals surface area (Å²) in [6, 6.07) is 1.00. The summed E-state index contributed by atoms with van der Waals surface area (Å²) in [6.07, 6.45) is 10.6. The predicted octanol–water partition coefficient (Wildman–Crippen LogP) is 4.54. The summed E-state index contributed by atoms with van der Waals surface area (Å²) in [5.41, 5.74) is 0.310. The summed E-state index contributed by atoms with van der Waals surface area (Å²) in [5, 5.41) is 24.8. The average Bonchev–Trinajstić information content (AvgIpc) is 2.86. The first-order chi connectivity index (χ1) is 17.8. The van der Waals surface area contributed by atoms with Crippen molar-refractivity contribution in [2.75, 3.05) is 26.3 Å². The molecule has 2 heterocycles. The van der Waals surface area contributed by atoms with Crippen molar-refractivity contribution in [1.29, 1.82) is 0 Å². The maximum Gasteiger partial charge on any atom is 0.342 e. The number of rotatable bonds is 5. The van der Waals surface area contributed by atoms with Crippen molar-refractivity contribution in [3.63, 3.8) is 0 Å². The van der Waals surface area contributed by atoms with Crippen LogP contribution in [0.3, 0.4) is 0 Å². The normalized spacial score (nSPS) is 24.0. The van der Waals surface area contributed by atoms with Gasteiger partial charge in [-0.1, -0.05) is 35.0 Å². The molecule has 0 aromatic heterocycles. The molecule has 1 saturated heterocycles. The Kier molecular flexibility index (Phi) is 10.8. The number of hydrogen-bond donors (Lipinski definition) is 2. The average molecular weight is 535 g/mol. The van der Waals surface area contributed by atoms with Crippen LogP contribution in [0.5, 0.6) is 11.5 Å². The number of carbonyl (C=O) groups is 2. The second kappa shape index (κ2) is 14.0. The molecule has 1 amide bonds. The van der Waals surface area contributed by atoms with Gasteiger partial charge >= 0.3 is 5.97 Å². The molecule has 2 aliphatic heterocycles. The molecule has 10 heteroatoms. The van der Waals surface area contributed by atoms with E-state index in [9.17, 15) is 19.8 Å². The van der Waals surface area contributed by atoms with Gasteiger partial charge in [-0.05, 0) is 51.2 Å². The number of halogens is 1. The fourth-order valence-corrected chi connectivity index (χ4v) is 4.47. The van der Waals surface area contributed by atoms with Crippen molar-refractivity contribution in [2.24, 2.45) is 5.16 Å². The number of oxime groups is 1. The molecule has 1 aromatic carbocycles. The van der Waals surface area contributed by atoms with E-state index in [1.165, 1.54) is 0 Å². The molecule has 0 saturated carbocycles. The smallest absolute Gasteiger partial charge is 0.342 e. The van der Waals surface area contributed by atoms with Gasteiger partial charge in [0.15, 0.2) is 6.61 Å². The van der Waals surface area contributed by atoms with Gasteiger partial charge in [-0.25, -0.2) is 4.79 Å². The van der Waals surface area contributed by atoms with Gasteiger partial charge in [0, 0.05) is 38.6 Å². The van der Waals surface area contributed by atoms with Gasteiger partial charge in [0.05, 0.1) is 16.8 Å². The minimum Gasteiger partial charge on any atom is -0.507 e. The van der Waals surface area contributed by atoms with Crippen LogP contribution in [-0.2, 0) is 25.5 Å². The summed E-state index contributed by atoms with van der Waals surface area (Å²) in [4.78, 5) is 32.7. The molecule has 2 N–H and O–H groups in total. The quantitative estimate of drug-likeness (QED) is 0.323. The highest BCUT2D eigenvalue weighted by Crippen LogP contribution is 2.37. The number of phenols is 2. The number of piperidine rings is 1. The Morgan fingerprint density at radius 2 is 1.95 bits per heavy atom. The second-order valence-corrected chi connectivity index (χ2v) is 9.45. The molecule has 0 radical (unpaired) electrons. The summed E-state index contributed by atoms with van der Waals surface area (Å²) in [5.74, 6) is -1.78. The lowest BCUT2D eigenvalue weighted by Gasteiger charge is -2.26. The zero-order chi connectivity index (χ0) is 26.8. The minimum atomic E-state index is -0.779. The Bertz CT molecular complexity index is 1050. The first-order valence-corrected chi connectivity index (χ1v) is 13.0. The zero-order valence-electron chi connectivity index (χ0n) is 21.3. The standard InChI is InChI=1S/C27H35ClN2O7/c1-3-35-20-11-7-9-18(2)37-27(34)25-21(26(28)23(32)16-22(25)31)15-19(10-8-12-20)29-36-17-24(33)30-13-5-4-6-14-30/h7-8,10-11,16,18,20,31-32H,3-6,9,12-15,17H2,1-2H3/b10-8+,11-7+,29-19-. The number of esters is 1. The Morgan fingerprint density at radius 3 is 2.68 bits per heavy atom. The van der Waals surface area contributed by atoms with Crippen molar-refractivity contribution in [3.05, 3.63) is 46.5 Å². The van der Waals surface area contributed by atoms with Gasteiger partial charge in [-0.3, -0.25) is 4.79 Å². The third kappa shape index (κ3) is 8.23. The van der Waals surface area contributed by atoms with E-state index >= 15 is 0 Å². The van der Waals surface area contributed by atoms with E-state index in [1.54, 1.807) is 17.9 Å². The molecule has 0 aliphatic carbocycles. The zero-order valence-corrected chi connectivity index (χ0v) is 22.1. The molecule has 202 valence electrons. The van der Waals surface area contributed by atoms with Crippen LogP contribution in [0.25, 0.3) is 0 Å². The molecule has 2 atom stereocenters. The molecule has 9 nitrogen and oxygen atoms in total. The summed E-state index contributed by atoms with van der Waals surface area (Å²) in [7, 11) is 0. The maximum absolute atomic E-state index is 13.0. The van der Waals surface area contributed by atoms with Gasteiger partial charge < -0.3 is 29.4 Å². The van der Waals surface area contributed by atoms with Gasteiger partial charge in [0.1, 0.15) is 23.2 Å². The molecule has 37 heavy (non-hydrogen) atoms. The minimum absolute atomic E-state index is 0.0663. The summed E-state index contributed by atoms with van der Waals surface area (Å²) >= 11 is 6.37. The lowest BCUT2D eigenvalue weighted by atomic mass is 9.99. The highest BCUT2D eigenvalue weighted by atomic mass is 35.5. The van der Waals surface area contributed by atoms with Gasteiger partial charge in [-0.2, -0.15) is 0 Å². The number of phenolic OH excluding ortho intramolecular Hbond substituents is 2. The van der Waals surface area contributed by atoms with Crippen LogP contribution >= 0.6 is 11.6 Å². The highest BCUT2D eigenvalue weighted by molar-refractivity contribution is 6.33. The van der Waals surface area contributed by atoms with Crippen LogP contribution in [0.2, 0.25) is 5.02 Å². The first-order valence-electron chi connectivity index (χ1n) is 12.7. The molecular formula is C27H35ClN2O7. The van der Waals surface area contributed by atoms with Crippen molar-refractivity contribution in [2.45, 2.75) is 64.6 Å². The maximum atomic E-state index is 13.0. The Morgan fingerprint density at radius 1 is 1.19 bits per heavy atom. The van der Waals surface area contributed by atoms with E-state index in [-0.39, 0.29) is 46.9 Å². The number of amides is 1. The Hall–Kier alpha value is -3.04. The molecule has 1 aromatic rings. The number of aromatic hydroxyl groups is 2. The van der Waals surface area contributed by atoms with Crippen LogP contribution in [-0.4, -0.2) is 71.2 Å². The SMILES string of the molecule is CCOC1/C=C/CC(C)OC(=O)c2c(O)cc(O)c(Cl)c2CC(=N\OCC(=O)N2CCCCC2)/C=C/C1. The fraction of sp³-hybridized carbons (Fsp3) is 0.519. The van der Waals surface area contributed by atoms with E-state index in [4.69, 9.17) is 25.9 Å². The van der Waals surface area contributed by atoms with Crippen LogP contribution in [0.15, 0.2) is 35.5 Å². The van der Waals surface area contributed by atoms with Crippen molar-refractivity contribution in [1.82, 2.24) is 4.90 Å². The summed E-state index contributed by atoms with van der Waals surface area (Å²) in [6.45, 7) is 5.35. The Balaban J connectivity index is 1.93. The molecule has 1 fully saturated rings. The fourth-order valence-electron chi connectivity index (χ4n) is 4.25. The third-order valence-electron chi connectivity index (χ3n) is 6.15. The van der Waals surface area contributed by atoms with Crippen LogP contribution in [0.1, 0.15) is 61.9 Å². The molecule has 2 unspecified atom stereocenters. The van der Waals surface area contributed by atoms with E-state index in [0.717, 1.165) is 25.3 Å². The van der Waals surface area contributed by atoms with Crippen molar-refractivity contribution in [3.8, 4) is 11.5 Å². The number of likely N-dealkylation sites (tertiary alicyclic amines) is 1. The highest BCUT2D eigenvalue weighted by Gasteiger charge is 2.26. The number of fused-ring (bicyclic) bond motifs is 1. The molecule has 3 rings (SSSR count). The molecule has 0 spiro atoms. The van der Waals surface area contributed by atoms with Crippen LogP contribution in [0, 0.1) is 0 Å². The number of cyclic esters (lactones) is 1. The third-order valence-corrected chi connectivity index (χ3v) is 6.57. The number of ether oxygens (including phenoxy) is 2. The predicted molar refractivity (Wildman–Crippen MR) is 140 cm³/mol. The molecule has 2 aliphatic rings.